The van der Waals surface area contributed by atoms with Crippen LogP contribution in [0.15, 0.2) is 30.3 Å². The molecule has 2 rings (SSSR count). The molecule has 1 atom stereocenters. The van der Waals surface area contributed by atoms with E-state index in [-0.39, 0.29) is 18.3 Å². The van der Waals surface area contributed by atoms with E-state index in [2.05, 4.69) is 5.32 Å². The summed E-state index contributed by atoms with van der Waals surface area (Å²) in [5.74, 6) is 0.0169. The number of hydrogen-bond acceptors (Lipinski definition) is 3. The summed E-state index contributed by atoms with van der Waals surface area (Å²) in [4.78, 5) is 11.9. The lowest BCUT2D eigenvalue weighted by Gasteiger charge is -2.33. The Balaban J connectivity index is 1.78. The Hall–Kier alpha value is -1.39. The third kappa shape index (κ3) is 3.82. The zero-order valence-corrected chi connectivity index (χ0v) is 10.6. The molecule has 0 radical (unpaired) electrons. The first kappa shape index (κ1) is 13.1. The summed E-state index contributed by atoms with van der Waals surface area (Å²) in [6.07, 6.45) is 1.13. The molecule has 1 saturated heterocycles. The van der Waals surface area contributed by atoms with Crippen molar-refractivity contribution in [3.63, 3.8) is 0 Å². The Bertz CT molecular complexity index is 385. The number of hydrogen-bond donors (Lipinski definition) is 1. The van der Waals surface area contributed by atoms with Crippen molar-refractivity contribution in [1.29, 1.82) is 0 Å². The van der Waals surface area contributed by atoms with Crippen LogP contribution in [0.25, 0.3) is 0 Å². The van der Waals surface area contributed by atoms with Gasteiger partial charge in [0.25, 0.3) is 0 Å². The molecule has 98 valence electrons. The van der Waals surface area contributed by atoms with E-state index in [1.165, 1.54) is 0 Å². The number of ether oxygens (including phenoxy) is 2. The van der Waals surface area contributed by atoms with Crippen LogP contribution in [0.1, 0.15) is 25.3 Å². The number of nitrogens with one attached hydrogen (secondary N) is 1. The van der Waals surface area contributed by atoms with E-state index in [1.54, 1.807) is 0 Å². The molecule has 1 aliphatic rings. The van der Waals surface area contributed by atoms with E-state index in [1.807, 2.05) is 37.3 Å². The highest BCUT2D eigenvalue weighted by Gasteiger charge is 2.30. The molecule has 0 spiro atoms. The molecule has 1 N–H and O–H groups in total. The maximum Gasteiger partial charge on any atom is 0.223 e. The second-order valence-corrected chi connectivity index (χ2v) is 4.81. The van der Waals surface area contributed by atoms with Crippen LogP contribution in [-0.2, 0) is 20.8 Å². The Morgan fingerprint density at radius 1 is 1.39 bits per heavy atom. The van der Waals surface area contributed by atoms with Gasteiger partial charge in [-0.1, -0.05) is 30.3 Å². The maximum atomic E-state index is 11.9. The van der Waals surface area contributed by atoms with Crippen molar-refractivity contribution >= 4 is 5.91 Å². The monoisotopic (exact) mass is 249 g/mol. The molecule has 1 aromatic rings. The first-order valence-corrected chi connectivity index (χ1v) is 6.20. The topological polar surface area (TPSA) is 47.6 Å². The van der Waals surface area contributed by atoms with Crippen molar-refractivity contribution < 1.29 is 14.3 Å². The summed E-state index contributed by atoms with van der Waals surface area (Å²) in [5.41, 5.74) is 0.711. The van der Waals surface area contributed by atoms with E-state index in [0.29, 0.717) is 19.6 Å². The smallest absolute Gasteiger partial charge is 0.223 e. The summed E-state index contributed by atoms with van der Waals surface area (Å²) in [6, 6.07) is 9.87. The first-order valence-electron chi connectivity index (χ1n) is 6.20. The molecule has 1 fully saturated rings. The fraction of sp³-hybridized carbons (Fsp3) is 0.500. The van der Waals surface area contributed by atoms with Gasteiger partial charge in [0.1, 0.15) is 6.79 Å². The van der Waals surface area contributed by atoms with Gasteiger partial charge in [0.2, 0.25) is 5.91 Å². The SMILES string of the molecule is C[C@]1(CC(=O)NCc2ccccc2)CCOCO1. The molecule has 0 bridgehead atoms. The van der Waals surface area contributed by atoms with Crippen LogP contribution in [0.3, 0.4) is 0 Å². The lowest BCUT2D eigenvalue weighted by atomic mass is 9.97. The number of benzene rings is 1. The lowest BCUT2D eigenvalue weighted by Crippen LogP contribution is -2.40. The second kappa shape index (κ2) is 5.98. The minimum atomic E-state index is -0.390. The zero-order chi connectivity index (χ0) is 12.8. The van der Waals surface area contributed by atoms with Gasteiger partial charge in [-0.15, -0.1) is 0 Å². The molecule has 18 heavy (non-hydrogen) atoms. The van der Waals surface area contributed by atoms with Crippen molar-refractivity contribution in [2.75, 3.05) is 13.4 Å². The molecular weight excluding hydrogens is 230 g/mol. The van der Waals surface area contributed by atoms with Gasteiger partial charge in [-0.05, 0) is 12.5 Å². The van der Waals surface area contributed by atoms with Gasteiger partial charge in [-0.25, -0.2) is 0 Å². The summed E-state index contributed by atoms with van der Waals surface area (Å²) < 4.78 is 10.6. The van der Waals surface area contributed by atoms with Gasteiger partial charge in [0, 0.05) is 13.0 Å². The molecule has 0 unspecified atom stereocenters. The van der Waals surface area contributed by atoms with E-state index in [4.69, 9.17) is 9.47 Å². The molecule has 1 aromatic carbocycles. The fourth-order valence-corrected chi connectivity index (χ4v) is 1.94. The molecule has 1 heterocycles. The molecule has 1 aliphatic heterocycles. The van der Waals surface area contributed by atoms with E-state index < -0.39 is 0 Å². The Morgan fingerprint density at radius 2 is 2.17 bits per heavy atom. The highest BCUT2D eigenvalue weighted by atomic mass is 16.7. The van der Waals surface area contributed by atoms with Crippen molar-refractivity contribution in [2.45, 2.75) is 31.9 Å². The van der Waals surface area contributed by atoms with Crippen LogP contribution in [0.5, 0.6) is 0 Å². The van der Waals surface area contributed by atoms with Gasteiger partial charge in [-0.2, -0.15) is 0 Å². The Kier molecular flexibility index (Phi) is 4.33. The highest BCUT2D eigenvalue weighted by molar-refractivity contribution is 5.77. The normalized spacial score (nSPS) is 23.6. The van der Waals surface area contributed by atoms with E-state index in [9.17, 15) is 4.79 Å². The number of amides is 1. The number of carbonyl (C=O) groups excluding carboxylic acids is 1. The van der Waals surface area contributed by atoms with Crippen molar-refractivity contribution in [3.8, 4) is 0 Å². The van der Waals surface area contributed by atoms with Gasteiger partial charge in [0.15, 0.2) is 0 Å². The highest BCUT2D eigenvalue weighted by Crippen LogP contribution is 2.23. The molecule has 0 aliphatic carbocycles. The molecular formula is C14H19NO3. The van der Waals surface area contributed by atoms with Gasteiger partial charge in [-0.3, -0.25) is 4.79 Å². The molecule has 4 heteroatoms. The van der Waals surface area contributed by atoms with E-state index >= 15 is 0 Å². The minimum absolute atomic E-state index is 0.0169. The summed E-state index contributed by atoms with van der Waals surface area (Å²) in [5, 5.41) is 2.91. The van der Waals surface area contributed by atoms with Crippen molar-refractivity contribution in [3.05, 3.63) is 35.9 Å². The summed E-state index contributed by atoms with van der Waals surface area (Å²) >= 11 is 0. The fourth-order valence-electron chi connectivity index (χ4n) is 1.94. The largest absolute Gasteiger partial charge is 0.355 e. The average molecular weight is 249 g/mol. The van der Waals surface area contributed by atoms with Crippen LogP contribution in [0.2, 0.25) is 0 Å². The maximum absolute atomic E-state index is 11.9. The summed E-state index contributed by atoms with van der Waals surface area (Å²) in [7, 11) is 0. The zero-order valence-electron chi connectivity index (χ0n) is 10.6. The van der Waals surface area contributed by atoms with Gasteiger partial charge < -0.3 is 14.8 Å². The van der Waals surface area contributed by atoms with Crippen molar-refractivity contribution in [1.82, 2.24) is 5.32 Å². The predicted octanol–water partition coefficient (Wildman–Crippen LogP) is 1.85. The van der Waals surface area contributed by atoms with Crippen LogP contribution in [-0.4, -0.2) is 24.9 Å². The Labute approximate surface area is 107 Å². The average Bonchev–Trinajstić information content (AvgIpc) is 2.38. The van der Waals surface area contributed by atoms with Gasteiger partial charge >= 0.3 is 0 Å². The molecule has 0 aromatic heterocycles. The molecule has 4 nitrogen and oxygen atoms in total. The van der Waals surface area contributed by atoms with Crippen LogP contribution in [0.4, 0.5) is 0 Å². The van der Waals surface area contributed by atoms with E-state index in [0.717, 1.165) is 12.0 Å². The summed E-state index contributed by atoms with van der Waals surface area (Å²) in [6.45, 7) is 3.45. The first-order chi connectivity index (χ1) is 8.68. The standard InChI is InChI=1S/C14H19NO3/c1-14(7-8-17-11-18-14)9-13(16)15-10-12-5-3-2-4-6-12/h2-6H,7-11H2,1H3,(H,15,16)/t14-/m1/s1. The minimum Gasteiger partial charge on any atom is -0.355 e. The lowest BCUT2D eigenvalue weighted by molar-refractivity contribution is -0.189. The van der Waals surface area contributed by atoms with Gasteiger partial charge in [0.05, 0.1) is 18.6 Å². The quantitative estimate of drug-likeness (QED) is 0.885. The molecule has 0 saturated carbocycles. The predicted molar refractivity (Wildman–Crippen MR) is 67.8 cm³/mol. The van der Waals surface area contributed by atoms with Crippen LogP contribution < -0.4 is 5.32 Å². The van der Waals surface area contributed by atoms with Crippen LogP contribution >= 0.6 is 0 Å². The van der Waals surface area contributed by atoms with Crippen molar-refractivity contribution in [2.24, 2.45) is 0 Å². The number of carbonyl (C=O) groups is 1. The molecule has 1 amide bonds. The number of rotatable bonds is 4. The third-order valence-electron chi connectivity index (χ3n) is 3.13. The third-order valence-corrected chi connectivity index (χ3v) is 3.13. The van der Waals surface area contributed by atoms with Crippen LogP contribution in [0, 0.1) is 0 Å². The Morgan fingerprint density at radius 3 is 2.83 bits per heavy atom. The second-order valence-electron chi connectivity index (χ2n) is 4.81.